The Balaban J connectivity index is 0.0000480. The van der Waals surface area contributed by atoms with E-state index in [1.54, 1.807) is 6.92 Å². The summed E-state index contributed by atoms with van der Waals surface area (Å²) in [4.78, 5) is 165. The van der Waals surface area contributed by atoms with Crippen molar-refractivity contribution in [2.24, 2.45) is 29.6 Å². The van der Waals surface area contributed by atoms with E-state index < -0.39 is 76.5 Å². The van der Waals surface area contributed by atoms with Gasteiger partial charge in [-0.3, -0.25) is 52.7 Å². The van der Waals surface area contributed by atoms with E-state index in [0.717, 1.165) is 51.4 Å². The summed E-state index contributed by atoms with van der Waals surface area (Å²) in [7, 11) is 8.00. The molecule has 8 atom stereocenters. The zero-order valence-corrected chi connectivity index (χ0v) is 64.4. The number of aliphatic carboxylic acids is 2. The fraction of sp³-hybridized carbons (Fsp3) is 0.803. The molecule has 98 heavy (non-hydrogen) atoms. The Morgan fingerprint density at radius 1 is 0.541 bits per heavy atom. The van der Waals surface area contributed by atoms with E-state index in [1.807, 2.05) is 0 Å². The minimum Gasteiger partial charge on any atom is -0.668 e. The van der Waals surface area contributed by atoms with Crippen molar-refractivity contribution in [2.45, 2.75) is 205 Å². The second-order valence-corrected chi connectivity index (χ2v) is 32.7. The molecule has 7 N–H and O–H groups in total. The molecule has 2 saturated heterocycles. The first-order valence-corrected chi connectivity index (χ1v) is 42.2. The number of ketones is 6. The van der Waals surface area contributed by atoms with Crippen LogP contribution in [0, 0.1) is 29.6 Å². The standard InChI is InChI=1S/C66H108N5O19S7.V/c1-46-40-92-96-44-53(67)59(77)37-51(58(76)36-50-42-94-93-41-49(47(2)72)35-57(50)75)43-95-97-45-55(66(86)91)71-64(83)48(34-56(46)74)20-17-18-26-68-62(80)39-90-33-30-87-28-19-21-52(73)38-89-32-31-88-29-27-69-60(78)25-24-54(65(84)85)70-61(79)22-15-13-11-9-7-5-3-4-6-8-10-12-14-16-23-63(81)82;/h46,48-51,53-55,67H,3-45H2,1-2H3,(H,68,80)(H,69,78)(H,70,79)(H,71,83)(H,81,82)(H,84,85)(H,86,91);/q-1;/t46-,48+,49-,50-,51-,53-,54-,55-;/m0./s1. The quantitative estimate of drug-likeness (QED) is 0.0169. The van der Waals surface area contributed by atoms with Crippen LogP contribution in [0.4, 0.5) is 0 Å². The zero-order valence-electron chi connectivity index (χ0n) is 57.2. The van der Waals surface area contributed by atoms with E-state index in [-0.39, 0.29) is 213 Å². The van der Waals surface area contributed by atoms with Gasteiger partial charge in [0.2, 0.25) is 28.7 Å². The van der Waals surface area contributed by atoms with Gasteiger partial charge in [0.05, 0.1) is 33.0 Å². The molecule has 0 aliphatic carbocycles. The molecule has 2 heterocycles. The van der Waals surface area contributed by atoms with Crippen LogP contribution in [-0.2, 0) is 99.8 Å². The van der Waals surface area contributed by atoms with E-state index >= 15 is 0 Å². The van der Waals surface area contributed by atoms with Gasteiger partial charge in [-0.1, -0.05) is 161 Å². The van der Waals surface area contributed by atoms with Gasteiger partial charge in [0.1, 0.15) is 54.2 Å². The number of carbonyl (C=O) groups is 13. The Bertz CT molecular complexity index is 2410. The molecule has 2 fully saturated rings. The van der Waals surface area contributed by atoms with E-state index in [2.05, 4.69) is 33.9 Å². The number of carboxylic acid groups (broad SMARTS) is 2. The number of amides is 4. The first-order valence-electron chi connectivity index (χ1n) is 34.3. The van der Waals surface area contributed by atoms with Crippen LogP contribution in [0.1, 0.15) is 187 Å². The maximum atomic E-state index is 13.9. The van der Waals surface area contributed by atoms with Crippen molar-refractivity contribution in [1.29, 1.82) is 0 Å². The molecule has 0 saturated carbocycles. The van der Waals surface area contributed by atoms with E-state index in [0.29, 0.717) is 42.9 Å². The number of ether oxygens (including phenoxy) is 4. The smallest absolute Gasteiger partial charge is 0.326 e. The number of hydrogen-bond acceptors (Lipinski definition) is 23. The fourth-order valence-corrected chi connectivity index (χ4v) is 18.1. The summed E-state index contributed by atoms with van der Waals surface area (Å²) in [5.74, 6) is -6.22. The average Bonchev–Trinajstić information content (AvgIpc) is 0.953. The first-order chi connectivity index (χ1) is 46.6. The van der Waals surface area contributed by atoms with Crippen molar-refractivity contribution >= 4 is 153 Å². The molecular weight excluding hydrogens is 1440 g/mol. The van der Waals surface area contributed by atoms with Gasteiger partial charge in [0.15, 0.2) is 5.78 Å². The van der Waals surface area contributed by atoms with Crippen LogP contribution < -0.4 is 21.3 Å². The number of carboxylic acids is 2. The summed E-state index contributed by atoms with van der Waals surface area (Å²) in [5, 5.41) is 28.4. The molecular formula is C66H108N5O19S7V-. The molecule has 4 amide bonds. The molecule has 24 nitrogen and oxygen atoms in total. The van der Waals surface area contributed by atoms with Crippen LogP contribution in [0.2, 0.25) is 0 Å². The van der Waals surface area contributed by atoms with Crippen LogP contribution >= 0.6 is 77.4 Å². The molecule has 0 unspecified atom stereocenters. The summed E-state index contributed by atoms with van der Waals surface area (Å²) < 4.78 is 21.8. The SMILES string of the molecule is CC(=O)[C@@H]1CSSC[C@H](CC(=O)[C@@H]2CSSC[C@@H](C(=O)S)NC(=O)[C@H](CCCCNC(=O)COCCOCCCC(=O)COCCOCCNC(=O)CC[C@H](NC(=O)CCCCCCCCCCCCCCCCC(=O)O)C(=O)O)CC(=O)[C@@H](C)CSSC[C@H]([NH-])C(=O)C2)C(=O)C1.[V]. The Labute approximate surface area is 620 Å². The van der Waals surface area contributed by atoms with Crippen molar-refractivity contribution in [2.75, 3.05) is 100 Å². The van der Waals surface area contributed by atoms with Gasteiger partial charge in [0, 0.05) is 148 Å². The molecule has 559 valence electrons. The number of nitrogens with one attached hydrogen (secondary N) is 5. The summed E-state index contributed by atoms with van der Waals surface area (Å²) in [6.07, 6.45) is 16.8. The van der Waals surface area contributed by atoms with Gasteiger partial charge >= 0.3 is 11.9 Å². The molecule has 0 spiro atoms. The molecule has 2 aliphatic heterocycles. The van der Waals surface area contributed by atoms with Crippen molar-refractivity contribution in [3.05, 3.63) is 5.73 Å². The van der Waals surface area contributed by atoms with E-state index in [1.165, 1.54) is 104 Å². The summed E-state index contributed by atoms with van der Waals surface area (Å²) in [6.45, 7) is 4.47. The largest absolute Gasteiger partial charge is 0.668 e. The molecule has 0 aromatic heterocycles. The number of unbranched alkanes of at least 4 members (excludes halogenated alkanes) is 14. The number of carbonyl (C=O) groups excluding carboxylic acids is 11. The Morgan fingerprint density at radius 3 is 1.70 bits per heavy atom. The van der Waals surface area contributed by atoms with Crippen molar-refractivity contribution < 1.29 is 110 Å². The number of Topliss-reactive ketones (excluding diaryl/α,β-unsaturated/α-hetero) is 6. The molecule has 32 heteroatoms. The maximum Gasteiger partial charge on any atom is 0.326 e. The molecule has 0 aromatic carbocycles. The molecule has 0 bridgehead atoms. The minimum atomic E-state index is -1.20. The third kappa shape index (κ3) is 48.3. The van der Waals surface area contributed by atoms with Gasteiger partial charge in [-0.2, -0.15) is 0 Å². The maximum absolute atomic E-state index is 13.9. The topological polar surface area (TPSA) is 371 Å². The molecule has 0 aromatic rings. The van der Waals surface area contributed by atoms with Gasteiger partial charge < -0.3 is 61.0 Å². The molecule has 2 aliphatic rings. The van der Waals surface area contributed by atoms with Crippen LogP contribution in [0.25, 0.3) is 5.73 Å². The normalized spacial score (nSPS) is 20.6. The van der Waals surface area contributed by atoms with Gasteiger partial charge in [0.25, 0.3) is 0 Å². The van der Waals surface area contributed by atoms with E-state index in [4.69, 9.17) is 29.8 Å². The van der Waals surface area contributed by atoms with Crippen LogP contribution in [0.5, 0.6) is 0 Å². The fourth-order valence-electron chi connectivity index (χ4n) is 10.1. The van der Waals surface area contributed by atoms with Crippen molar-refractivity contribution in [3.63, 3.8) is 0 Å². The van der Waals surface area contributed by atoms with Gasteiger partial charge in [-0.15, -0.1) is 12.6 Å². The third-order valence-corrected chi connectivity index (χ3v) is 24.2. The zero-order chi connectivity index (χ0) is 71.4. The Hall–Kier alpha value is -2.66. The van der Waals surface area contributed by atoms with Crippen molar-refractivity contribution in [1.82, 2.24) is 21.3 Å². The number of hydrogen-bond donors (Lipinski definition) is 7. The van der Waals surface area contributed by atoms with Crippen LogP contribution in [-0.4, -0.2) is 204 Å². The second-order valence-electron chi connectivity index (χ2n) is 24.6. The molecule has 2 rings (SSSR count). The summed E-state index contributed by atoms with van der Waals surface area (Å²) in [6, 6.07) is -3.34. The molecule has 1 radical (unpaired) electrons. The van der Waals surface area contributed by atoms with Gasteiger partial charge in [-0.25, -0.2) is 4.79 Å². The van der Waals surface area contributed by atoms with Crippen LogP contribution in [0.15, 0.2) is 0 Å². The predicted octanol–water partition coefficient (Wildman–Crippen LogP) is 9.54. The monoisotopic (exact) mass is 1550 g/mol. The summed E-state index contributed by atoms with van der Waals surface area (Å²) in [5.41, 5.74) is 8.57. The Morgan fingerprint density at radius 2 is 1.08 bits per heavy atom. The number of thiol groups is 1. The summed E-state index contributed by atoms with van der Waals surface area (Å²) >= 11 is 4.04. The third-order valence-electron chi connectivity index (χ3n) is 16.2. The van der Waals surface area contributed by atoms with Crippen LogP contribution in [0.3, 0.4) is 0 Å². The van der Waals surface area contributed by atoms with E-state index in [9.17, 15) is 67.4 Å². The Kier molecular flexibility index (Phi) is 56.9. The minimum absolute atomic E-state index is 0. The number of rotatable bonds is 49. The first kappa shape index (κ1) is 93.4. The predicted molar refractivity (Wildman–Crippen MR) is 389 cm³/mol. The van der Waals surface area contributed by atoms with Gasteiger partial charge in [-0.05, 0) is 51.2 Å². The van der Waals surface area contributed by atoms with Crippen molar-refractivity contribution in [3.8, 4) is 0 Å². The average molecular weight is 1550 g/mol. The second kappa shape index (κ2) is 59.7.